The van der Waals surface area contributed by atoms with Gasteiger partial charge in [-0.15, -0.1) is 11.3 Å². The quantitative estimate of drug-likeness (QED) is 0.312. The molecule has 4 heterocycles. The van der Waals surface area contributed by atoms with E-state index in [0.717, 1.165) is 51.7 Å². The van der Waals surface area contributed by atoms with Gasteiger partial charge in [-0.25, -0.2) is 9.97 Å². The average molecular weight is 456 g/mol. The zero-order valence-corrected chi connectivity index (χ0v) is 19.1. The van der Waals surface area contributed by atoms with Gasteiger partial charge < -0.3 is 15.0 Å². The molecule has 5 aromatic rings. The summed E-state index contributed by atoms with van der Waals surface area (Å²) in [6.45, 7) is 4.15. The van der Waals surface area contributed by atoms with Crippen LogP contribution in [0.2, 0.25) is 0 Å². The predicted octanol–water partition coefficient (Wildman–Crippen LogP) is 6.06. The van der Waals surface area contributed by atoms with Crippen LogP contribution in [-0.4, -0.2) is 46.1 Å². The number of anilines is 2. The minimum atomic E-state index is 0.738. The molecule has 0 unspecified atom stereocenters. The Hall–Kier alpha value is -3.42. The lowest BCUT2D eigenvalue weighted by molar-refractivity contribution is 0.238. The number of likely N-dealkylation sites (tertiary alicyclic amines) is 1. The molecule has 0 atom stereocenters. The zero-order chi connectivity index (χ0) is 22.0. The molecule has 0 radical (unpaired) electrons. The van der Waals surface area contributed by atoms with Gasteiger partial charge in [-0.1, -0.05) is 0 Å². The molecule has 0 amide bonds. The highest BCUT2D eigenvalue weighted by Gasteiger charge is 2.12. The van der Waals surface area contributed by atoms with E-state index in [1.165, 1.54) is 36.2 Å². The van der Waals surface area contributed by atoms with E-state index in [4.69, 9.17) is 4.74 Å². The molecule has 6 rings (SSSR count). The Bertz CT molecular complexity index is 1390. The normalized spacial score (nSPS) is 14.3. The molecule has 2 aromatic carbocycles. The Kier molecular flexibility index (Phi) is 5.41. The van der Waals surface area contributed by atoms with Gasteiger partial charge in [0.2, 0.25) is 0 Å². The van der Waals surface area contributed by atoms with Crippen LogP contribution in [0.25, 0.3) is 31.6 Å². The highest BCUT2D eigenvalue weighted by molar-refractivity contribution is 7.22. The summed E-state index contributed by atoms with van der Waals surface area (Å²) in [5, 5.41) is 4.64. The van der Waals surface area contributed by atoms with E-state index in [1.54, 1.807) is 17.7 Å². The molecule has 1 fully saturated rings. The number of nitrogens with zero attached hydrogens (tertiary/aromatic N) is 3. The van der Waals surface area contributed by atoms with Gasteiger partial charge in [0.15, 0.2) is 5.82 Å². The van der Waals surface area contributed by atoms with Crippen LogP contribution in [-0.2, 0) is 0 Å². The van der Waals surface area contributed by atoms with E-state index < -0.39 is 0 Å². The number of H-pyrrole nitrogens is 1. The first-order valence-electron chi connectivity index (χ1n) is 11.4. The molecule has 0 saturated carbocycles. The van der Waals surface area contributed by atoms with Crippen LogP contribution in [0.3, 0.4) is 0 Å². The summed E-state index contributed by atoms with van der Waals surface area (Å²) in [4.78, 5) is 15.9. The third-order valence-corrected chi connectivity index (χ3v) is 7.32. The lowest BCUT2D eigenvalue weighted by atomic mass is 10.2. The molecule has 3 aromatic heterocycles. The van der Waals surface area contributed by atoms with Crippen molar-refractivity contribution in [3.63, 3.8) is 0 Å². The summed E-state index contributed by atoms with van der Waals surface area (Å²) >= 11 is 1.70. The van der Waals surface area contributed by atoms with Crippen molar-refractivity contribution in [2.45, 2.75) is 12.8 Å². The summed E-state index contributed by atoms with van der Waals surface area (Å²) in [5.41, 5.74) is 4.23. The molecule has 1 aliphatic rings. The van der Waals surface area contributed by atoms with Crippen molar-refractivity contribution in [2.24, 2.45) is 0 Å². The highest BCUT2D eigenvalue weighted by Crippen LogP contribution is 2.37. The van der Waals surface area contributed by atoms with Crippen molar-refractivity contribution in [3.8, 4) is 16.2 Å². The molecule has 7 heteroatoms. The fourth-order valence-corrected chi connectivity index (χ4v) is 5.43. The van der Waals surface area contributed by atoms with E-state index >= 15 is 0 Å². The number of fused-ring (bicyclic) bond motifs is 2. The van der Waals surface area contributed by atoms with Gasteiger partial charge in [0.1, 0.15) is 18.7 Å². The standard InChI is InChI=1S/C26H25N5OS/c1-2-12-31(11-1)13-14-32-21-6-3-18(4-7-21)24-16-23-25(33-24)26(29-17-28-23)30-20-5-8-22-19(15-20)9-10-27-22/h3-10,15-17,27H,1-2,11-14H2,(H,28,29,30). The molecule has 6 nitrogen and oxygen atoms in total. The van der Waals surface area contributed by atoms with E-state index in [9.17, 15) is 0 Å². The first kappa shape index (κ1) is 20.2. The average Bonchev–Trinajstić information content (AvgIpc) is 3.60. The number of nitrogens with one attached hydrogen (secondary N) is 2. The van der Waals surface area contributed by atoms with Crippen LogP contribution in [0, 0.1) is 0 Å². The number of aromatic amines is 1. The molecular formula is C26H25N5OS. The highest BCUT2D eigenvalue weighted by atomic mass is 32.1. The lowest BCUT2D eigenvalue weighted by Crippen LogP contribution is -2.25. The molecule has 1 saturated heterocycles. The summed E-state index contributed by atoms with van der Waals surface area (Å²) in [6, 6.07) is 18.8. The third-order valence-electron chi connectivity index (χ3n) is 6.14. The van der Waals surface area contributed by atoms with Gasteiger partial charge >= 0.3 is 0 Å². The van der Waals surface area contributed by atoms with Crippen molar-refractivity contribution >= 4 is 44.0 Å². The van der Waals surface area contributed by atoms with E-state index in [0.29, 0.717) is 0 Å². The Morgan fingerprint density at radius 2 is 1.88 bits per heavy atom. The van der Waals surface area contributed by atoms with Crippen LogP contribution in [0.15, 0.2) is 67.1 Å². The van der Waals surface area contributed by atoms with Crippen molar-refractivity contribution in [3.05, 3.63) is 67.1 Å². The second-order valence-electron chi connectivity index (χ2n) is 8.37. The monoisotopic (exact) mass is 455 g/mol. The topological polar surface area (TPSA) is 66.1 Å². The molecule has 0 bridgehead atoms. The SMILES string of the molecule is c1nc(Nc2ccc3[nH]ccc3c2)c2sc(-c3ccc(OCCN4CCCC4)cc3)cc2n1. The number of aromatic nitrogens is 3. The molecule has 0 spiro atoms. The Morgan fingerprint density at radius 1 is 1.00 bits per heavy atom. The molecule has 1 aliphatic heterocycles. The third kappa shape index (κ3) is 4.29. The lowest BCUT2D eigenvalue weighted by Gasteiger charge is -2.14. The fraction of sp³-hybridized carbons (Fsp3) is 0.231. The summed E-state index contributed by atoms with van der Waals surface area (Å²) in [6.07, 6.45) is 6.20. The summed E-state index contributed by atoms with van der Waals surface area (Å²) in [5.74, 6) is 1.74. The van der Waals surface area contributed by atoms with Crippen molar-refractivity contribution in [1.82, 2.24) is 19.9 Å². The molecule has 0 aliphatic carbocycles. The van der Waals surface area contributed by atoms with Gasteiger partial charge in [0, 0.05) is 34.2 Å². The minimum absolute atomic E-state index is 0.738. The van der Waals surface area contributed by atoms with Crippen LogP contribution >= 0.6 is 11.3 Å². The van der Waals surface area contributed by atoms with Crippen molar-refractivity contribution in [2.75, 3.05) is 31.6 Å². The first-order chi connectivity index (χ1) is 16.3. The smallest absolute Gasteiger partial charge is 0.151 e. The van der Waals surface area contributed by atoms with Crippen molar-refractivity contribution in [1.29, 1.82) is 0 Å². The minimum Gasteiger partial charge on any atom is -0.492 e. The van der Waals surface area contributed by atoms with E-state index in [2.05, 4.69) is 79.8 Å². The number of thiophene rings is 1. The van der Waals surface area contributed by atoms with E-state index in [1.807, 2.05) is 6.20 Å². The van der Waals surface area contributed by atoms with Crippen LogP contribution < -0.4 is 10.1 Å². The predicted molar refractivity (Wildman–Crippen MR) is 136 cm³/mol. The van der Waals surface area contributed by atoms with Gasteiger partial charge in [0.25, 0.3) is 0 Å². The molecule has 33 heavy (non-hydrogen) atoms. The summed E-state index contributed by atoms with van der Waals surface area (Å²) < 4.78 is 7.00. The Morgan fingerprint density at radius 3 is 2.76 bits per heavy atom. The Balaban J connectivity index is 1.19. The largest absolute Gasteiger partial charge is 0.492 e. The van der Waals surface area contributed by atoms with Crippen LogP contribution in [0.4, 0.5) is 11.5 Å². The van der Waals surface area contributed by atoms with Gasteiger partial charge in [-0.2, -0.15) is 0 Å². The number of benzene rings is 2. The van der Waals surface area contributed by atoms with Gasteiger partial charge in [-0.05, 0) is 86.1 Å². The fourth-order valence-electron chi connectivity index (χ4n) is 4.37. The number of hydrogen-bond acceptors (Lipinski definition) is 6. The van der Waals surface area contributed by atoms with Crippen molar-refractivity contribution < 1.29 is 4.74 Å². The van der Waals surface area contributed by atoms with Crippen LogP contribution in [0.5, 0.6) is 5.75 Å². The second-order valence-corrected chi connectivity index (χ2v) is 9.43. The number of ether oxygens (including phenoxy) is 1. The maximum Gasteiger partial charge on any atom is 0.151 e. The second kappa shape index (κ2) is 8.84. The molecule has 166 valence electrons. The van der Waals surface area contributed by atoms with Gasteiger partial charge in [-0.3, -0.25) is 4.90 Å². The summed E-state index contributed by atoms with van der Waals surface area (Å²) in [7, 11) is 0. The number of hydrogen-bond donors (Lipinski definition) is 2. The van der Waals surface area contributed by atoms with Gasteiger partial charge in [0.05, 0.1) is 10.2 Å². The first-order valence-corrected chi connectivity index (χ1v) is 12.2. The Labute approximate surface area is 196 Å². The van der Waals surface area contributed by atoms with Crippen LogP contribution in [0.1, 0.15) is 12.8 Å². The maximum absolute atomic E-state index is 5.96. The molecular weight excluding hydrogens is 430 g/mol. The zero-order valence-electron chi connectivity index (χ0n) is 18.3. The number of rotatable bonds is 7. The maximum atomic E-state index is 5.96. The van der Waals surface area contributed by atoms with E-state index in [-0.39, 0.29) is 0 Å². The molecule has 2 N–H and O–H groups in total.